The number of nitrogens with one attached hydrogen (secondary N) is 1. The minimum atomic E-state index is -0.148. The minimum absolute atomic E-state index is 0.148. The first-order valence-corrected chi connectivity index (χ1v) is 8.69. The SMILES string of the molecule is CCc1c(C(=O)Nc2ccccc2COC)cnn1Cc1ccccc1. The molecule has 5 heteroatoms. The van der Waals surface area contributed by atoms with E-state index in [9.17, 15) is 4.79 Å². The van der Waals surface area contributed by atoms with E-state index in [1.807, 2.05) is 54.1 Å². The zero-order chi connectivity index (χ0) is 18.4. The number of nitrogens with zero attached hydrogens (tertiary/aromatic N) is 2. The van der Waals surface area contributed by atoms with Crippen LogP contribution in [0.3, 0.4) is 0 Å². The molecule has 1 aromatic heterocycles. The summed E-state index contributed by atoms with van der Waals surface area (Å²) in [6.07, 6.45) is 2.38. The van der Waals surface area contributed by atoms with E-state index in [1.165, 1.54) is 0 Å². The zero-order valence-electron chi connectivity index (χ0n) is 15.1. The highest BCUT2D eigenvalue weighted by Crippen LogP contribution is 2.19. The molecular formula is C21H23N3O2. The van der Waals surface area contributed by atoms with Crippen molar-refractivity contribution in [1.29, 1.82) is 0 Å². The van der Waals surface area contributed by atoms with E-state index in [0.717, 1.165) is 28.9 Å². The average molecular weight is 349 g/mol. The van der Waals surface area contributed by atoms with Crippen molar-refractivity contribution >= 4 is 11.6 Å². The smallest absolute Gasteiger partial charge is 0.259 e. The molecule has 1 amide bonds. The lowest BCUT2D eigenvalue weighted by molar-refractivity contribution is 0.102. The van der Waals surface area contributed by atoms with Crippen LogP contribution in [0.25, 0.3) is 0 Å². The van der Waals surface area contributed by atoms with Gasteiger partial charge in [-0.3, -0.25) is 9.48 Å². The van der Waals surface area contributed by atoms with Gasteiger partial charge in [-0.05, 0) is 18.1 Å². The Labute approximate surface area is 153 Å². The predicted molar refractivity (Wildman–Crippen MR) is 102 cm³/mol. The lowest BCUT2D eigenvalue weighted by atomic mass is 10.1. The largest absolute Gasteiger partial charge is 0.380 e. The highest BCUT2D eigenvalue weighted by atomic mass is 16.5. The van der Waals surface area contributed by atoms with Crippen molar-refractivity contribution in [2.24, 2.45) is 0 Å². The van der Waals surface area contributed by atoms with Gasteiger partial charge in [0, 0.05) is 18.4 Å². The van der Waals surface area contributed by atoms with Gasteiger partial charge in [-0.1, -0.05) is 55.5 Å². The van der Waals surface area contributed by atoms with Crippen LogP contribution in [0.15, 0.2) is 60.8 Å². The van der Waals surface area contributed by atoms with Crippen LogP contribution in [-0.4, -0.2) is 22.8 Å². The highest BCUT2D eigenvalue weighted by Gasteiger charge is 2.17. The quantitative estimate of drug-likeness (QED) is 0.704. The number of para-hydroxylation sites is 1. The van der Waals surface area contributed by atoms with Crippen LogP contribution in [-0.2, 0) is 24.3 Å². The van der Waals surface area contributed by atoms with Crippen molar-refractivity contribution in [2.45, 2.75) is 26.5 Å². The third-order valence-corrected chi connectivity index (χ3v) is 4.27. The molecule has 0 atom stereocenters. The van der Waals surface area contributed by atoms with Gasteiger partial charge in [0.25, 0.3) is 5.91 Å². The van der Waals surface area contributed by atoms with E-state index >= 15 is 0 Å². The molecule has 0 spiro atoms. The van der Waals surface area contributed by atoms with E-state index in [1.54, 1.807) is 13.3 Å². The van der Waals surface area contributed by atoms with Gasteiger partial charge in [-0.25, -0.2) is 0 Å². The van der Waals surface area contributed by atoms with Gasteiger partial charge >= 0.3 is 0 Å². The molecule has 0 aliphatic carbocycles. The van der Waals surface area contributed by atoms with E-state index in [2.05, 4.69) is 22.5 Å². The molecule has 26 heavy (non-hydrogen) atoms. The first-order chi connectivity index (χ1) is 12.7. The van der Waals surface area contributed by atoms with Crippen LogP contribution in [0.5, 0.6) is 0 Å². The lowest BCUT2D eigenvalue weighted by Gasteiger charge is -2.11. The second kappa shape index (κ2) is 8.45. The number of hydrogen-bond acceptors (Lipinski definition) is 3. The molecule has 5 nitrogen and oxygen atoms in total. The van der Waals surface area contributed by atoms with E-state index < -0.39 is 0 Å². The van der Waals surface area contributed by atoms with Crippen LogP contribution >= 0.6 is 0 Å². The first-order valence-electron chi connectivity index (χ1n) is 8.69. The maximum atomic E-state index is 12.8. The molecule has 0 unspecified atom stereocenters. The number of amides is 1. The molecule has 0 fully saturated rings. The van der Waals surface area contributed by atoms with Crippen LogP contribution < -0.4 is 5.32 Å². The van der Waals surface area contributed by atoms with Gasteiger partial charge < -0.3 is 10.1 Å². The first kappa shape index (κ1) is 17.9. The number of rotatable bonds is 7. The Hall–Kier alpha value is -2.92. The third-order valence-electron chi connectivity index (χ3n) is 4.27. The fourth-order valence-electron chi connectivity index (χ4n) is 2.98. The zero-order valence-corrected chi connectivity index (χ0v) is 15.1. The molecule has 0 aliphatic heterocycles. The molecule has 3 aromatic rings. The molecule has 2 aromatic carbocycles. The fraction of sp³-hybridized carbons (Fsp3) is 0.238. The number of ether oxygens (including phenoxy) is 1. The standard InChI is InChI=1S/C21H23N3O2/c1-3-20-18(13-22-24(20)14-16-9-5-4-6-10-16)21(25)23-19-12-8-7-11-17(19)15-26-2/h4-13H,3,14-15H2,1-2H3,(H,23,25). The van der Waals surface area contributed by atoms with Gasteiger partial charge in [-0.2, -0.15) is 5.10 Å². The van der Waals surface area contributed by atoms with Crippen LogP contribution in [0.2, 0.25) is 0 Å². The molecule has 1 heterocycles. The Kier molecular flexibility index (Phi) is 5.81. The van der Waals surface area contributed by atoms with Crippen molar-refractivity contribution < 1.29 is 9.53 Å². The van der Waals surface area contributed by atoms with Crippen molar-refractivity contribution in [3.05, 3.63) is 83.2 Å². The van der Waals surface area contributed by atoms with Crippen molar-refractivity contribution in [3.63, 3.8) is 0 Å². The summed E-state index contributed by atoms with van der Waals surface area (Å²) >= 11 is 0. The molecule has 0 saturated carbocycles. The number of methoxy groups -OCH3 is 1. The summed E-state index contributed by atoms with van der Waals surface area (Å²) in [5.74, 6) is -0.148. The molecule has 0 radical (unpaired) electrons. The molecule has 134 valence electrons. The summed E-state index contributed by atoms with van der Waals surface area (Å²) in [6, 6.07) is 17.8. The second-order valence-electron chi connectivity index (χ2n) is 6.05. The van der Waals surface area contributed by atoms with Gasteiger partial charge in [0.2, 0.25) is 0 Å². The Morgan fingerprint density at radius 2 is 1.85 bits per heavy atom. The summed E-state index contributed by atoms with van der Waals surface area (Å²) < 4.78 is 7.10. The number of aromatic nitrogens is 2. The molecular weight excluding hydrogens is 326 g/mol. The van der Waals surface area contributed by atoms with Crippen molar-refractivity contribution in [2.75, 3.05) is 12.4 Å². The van der Waals surface area contributed by atoms with Crippen LogP contribution in [0.1, 0.15) is 34.1 Å². The second-order valence-corrected chi connectivity index (χ2v) is 6.05. The average Bonchev–Trinajstić information content (AvgIpc) is 3.07. The summed E-state index contributed by atoms with van der Waals surface area (Å²) in [7, 11) is 1.64. The van der Waals surface area contributed by atoms with Gasteiger partial charge in [0.1, 0.15) is 0 Å². The minimum Gasteiger partial charge on any atom is -0.380 e. The topological polar surface area (TPSA) is 56.1 Å². The van der Waals surface area contributed by atoms with E-state index in [0.29, 0.717) is 18.7 Å². The van der Waals surface area contributed by atoms with Crippen molar-refractivity contribution in [1.82, 2.24) is 9.78 Å². The molecule has 0 aliphatic rings. The van der Waals surface area contributed by atoms with E-state index in [-0.39, 0.29) is 5.91 Å². The van der Waals surface area contributed by atoms with Crippen LogP contribution in [0.4, 0.5) is 5.69 Å². The predicted octanol–water partition coefficient (Wildman–Crippen LogP) is 3.89. The molecule has 0 saturated heterocycles. The number of hydrogen-bond donors (Lipinski definition) is 1. The Bertz CT molecular complexity index is 872. The Morgan fingerprint density at radius 1 is 1.12 bits per heavy atom. The van der Waals surface area contributed by atoms with Gasteiger partial charge in [0.05, 0.1) is 30.6 Å². The number of benzene rings is 2. The summed E-state index contributed by atoms with van der Waals surface area (Å²) in [5, 5.41) is 7.43. The monoisotopic (exact) mass is 349 g/mol. The van der Waals surface area contributed by atoms with Gasteiger partial charge in [0.15, 0.2) is 0 Å². The summed E-state index contributed by atoms with van der Waals surface area (Å²) in [5.41, 5.74) is 4.39. The van der Waals surface area contributed by atoms with Crippen LogP contribution in [0, 0.1) is 0 Å². The Balaban J connectivity index is 1.82. The number of carbonyl (C=O) groups is 1. The van der Waals surface area contributed by atoms with Crippen molar-refractivity contribution in [3.8, 4) is 0 Å². The summed E-state index contributed by atoms with van der Waals surface area (Å²) in [6.45, 7) is 3.13. The fourth-order valence-corrected chi connectivity index (χ4v) is 2.98. The third kappa shape index (κ3) is 4.00. The van der Waals surface area contributed by atoms with E-state index in [4.69, 9.17) is 4.74 Å². The maximum absolute atomic E-state index is 12.8. The maximum Gasteiger partial charge on any atom is 0.259 e. The highest BCUT2D eigenvalue weighted by molar-refractivity contribution is 6.05. The molecule has 1 N–H and O–H groups in total. The molecule has 0 bridgehead atoms. The Morgan fingerprint density at radius 3 is 2.58 bits per heavy atom. The number of carbonyl (C=O) groups excluding carboxylic acids is 1. The summed E-state index contributed by atoms with van der Waals surface area (Å²) in [4.78, 5) is 12.8. The molecule has 3 rings (SSSR count). The lowest BCUT2D eigenvalue weighted by Crippen LogP contribution is -2.16. The van der Waals surface area contributed by atoms with Gasteiger partial charge in [-0.15, -0.1) is 0 Å². The number of anilines is 1. The normalized spacial score (nSPS) is 10.7.